The number of para-hydroxylation sites is 1. The monoisotopic (exact) mass is 451 g/mol. The van der Waals surface area contributed by atoms with Crippen LogP contribution in [0.1, 0.15) is 25.3 Å². The fourth-order valence-corrected chi connectivity index (χ4v) is 4.88. The van der Waals surface area contributed by atoms with E-state index in [0.29, 0.717) is 13.2 Å². The lowest BCUT2D eigenvalue weighted by Crippen LogP contribution is -2.55. The van der Waals surface area contributed by atoms with Crippen LogP contribution in [0.15, 0.2) is 60.7 Å². The van der Waals surface area contributed by atoms with E-state index in [2.05, 4.69) is 34.1 Å². The van der Waals surface area contributed by atoms with E-state index in [9.17, 15) is 9.59 Å². The largest absolute Gasteiger partial charge is 0.466 e. The number of hydrogen-bond acceptors (Lipinski definition) is 6. The topological polar surface area (TPSA) is 62.3 Å². The van der Waals surface area contributed by atoms with Crippen molar-refractivity contribution < 1.29 is 19.1 Å². The second kappa shape index (κ2) is 11.2. The summed E-state index contributed by atoms with van der Waals surface area (Å²) in [7, 11) is 0. The van der Waals surface area contributed by atoms with Crippen LogP contribution < -0.4 is 4.90 Å². The van der Waals surface area contributed by atoms with Gasteiger partial charge in [-0.25, -0.2) is 4.79 Å². The van der Waals surface area contributed by atoms with Gasteiger partial charge >= 0.3 is 12.1 Å². The summed E-state index contributed by atoms with van der Waals surface area (Å²) in [4.78, 5) is 31.9. The molecule has 0 aromatic heterocycles. The fourth-order valence-electron chi connectivity index (χ4n) is 4.88. The Hall–Kier alpha value is -3.06. The molecule has 0 unspecified atom stereocenters. The molecule has 2 aliphatic heterocycles. The van der Waals surface area contributed by atoms with Crippen LogP contribution in [0.2, 0.25) is 0 Å². The van der Waals surface area contributed by atoms with Crippen molar-refractivity contribution in [2.45, 2.75) is 38.5 Å². The first-order valence-corrected chi connectivity index (χ1v) is 11.8. The lowest BCUT2D eigenvalue weighted by Gasteiger charge is -2.41. The van der Waals surface area contributed by atoms with Gasteiger partial charge in [0.2, 0.25) is 0 Å². The van der Waals surface area contributed by atoms with Crippen LogP contribution in [-0.4, -0.2) is 73.3 Å². The molecule has 0 aliphatic carbocycles. The van der Waals surface area contributed by atoms with Gasteiger partial charge in [-0.15, -0.1) is 0 Å². The van der Waals surface area contributed by atoms with Crippen LogP contribution in [0.3, 0.4) is 0 Å². The van der Waals surface area contributed by atoms with Crippen molar-refractivity contribution in [3.8, 4) is 0 Å². The molecule has 33 heavy (non-hydrogen) atoms. The molecule has 2 atom stereocenters. The van der Waals surface area contributed by atoms with Crippen molar-refractivity contribution in [3.63, 3.8) is 0 Å². The van der Waals surface area contributed by atoms with Gasteiger partial charge in [0.1, 0.15) is 6.61 Å². The third kappa shape index (κ3) is 5.85. The summed E-state index contributed by atoms with van der Waals surface area (Å²) in [6.07, 6.45) is 0.659. The normalized spacial score (nSPS) is 21.1. The lowest BCUT2D eigenvalue weighted by molar-refractivity contribution is -0.144. The maximum atomic E-state index is 13.0. The van der Waals surface area contributed by atoms with Crippen molar-refractivity contribution in [1.82, 2.24) is 9.80 Å². The van der Waals surface area contributed by atoms with Gasteiger partial charge in [-0.1, -0.05) is 48.5 Å². The molecular formula is C26H33N3O4. The average Bonchev–Trinajstić information content (AvgIpc) is 3.27. The first-order chi connectivity index (χ1) is 16.2. The molecule has 0 N–H and O–H groups in total. The Morgan fingerprint density at radius 2 is 1.55 bits per heavy atom. The summed E-state index contributed by atoms with van der Waals surface area (Å²) >= 11 is 0. The summed E-state index contributed by atoms with van der Waals surface area (Å²) in [5, 5.41) is 0. The first kappa shape index (κ1) is 23.1. The predicted octanol–water partition coefficient (Wildman–Crippen LogP) is 3.54. The van der Waals surface area contributed by atoms with Crippen LogP contribution >= 0.6 is 0 Å². The Kier molecular flexibility index (Phi) is 7.83. The molecule has 0 spiro atoms. The molecule has 2 aliphatic rings. The third-order valence-corrected chi connectivity index (χ3v) is 6.54. The zero-order valence-electron chi connectivity index (χ0n) is 19.3. The number of hydrogen-bond donors (Lipinski definition) is 0. The number of amides is 1. The van der Waals surface area contributed by atoms with Crippen LogP contribution in [0.5, 0.6) is 0 Å². The highest BCUT2D eigenvalue weighted by Crippen LogP contribution is 2.28. The van der Waals surface area contributed by atoms with Crippen molar-refractivity contribution in [2.75, 3.05) is 44.2 Å². The van der Waals surface area contributed by atoms with E-state index in [1.165, 1.54) is 5.69 Å². The molecule has 0 saturated carbocycles. The number of ether oxygens (including phenoxy) is 2. The number of piperazine rings is 1. The van der Waals surface area contributed by atoms with Crippen molar-refractivity contribution >= 4 is 17.7 Å². The highest BCUT2D eigenvalue weighted by atomic mass is 16.6. The van der Waals surface area contributed by atoms with Gasteiger partial charge < -0.3 is 19.3 Å². The zero-order valence-corrected chi connectivity index (χ0v) is 19.3. The van der Waals surface area contributed by atoms with Crippen LogP contribution in [0.25, 0.3) is 0 Å². The van der Waals surface area contributed by atoms with Crippen molar-refractivity contribution in [2.24, 2.45) is 0 Å². The third-order valence-electron chi connectivity index (χ3n) is 6.54. The SMILES string of the molecule is CCOC(=O)C[C@@H]1[C@@H](N2CCN(c3ccccc3)CC2)CCN1C(=O)OCc1ccccc1. The highest BCUT2D eigenvalue weighted by Gasteiger charge is 2.43. The molecule has 7 heteroatoms. The van der Waals surface area contributed by atoms with Gasteiger partial charge in [-0.3, -0.25) is 9.69 Å². The molecular weight excluding hydrogens is 418 g/mol. The Labute approximate surface area is 195 Å². The second-order valence-electron chi connectivity index (χ2n) is 8.52. The van der Waals surface area contributed by atoms with Gasteiger partial charge in [-0.05, 0) is 31.0 Å². The fraction of sp³-hybridized carbons (Fsp3) is 0.462. The second-order valence-corrected chi connectivity index (χ2v) is 8.52. The molecule has 176 valence electrons. The number of benzene rings is 2. The molecule has 0 bridgehead atoms. The van der Waals surface area contributed by atoms with E-state index in [1.807, 2.05) is 36.4 Å². The van der Waals surface area contributed by atoms with Crippen LogP contribution in [-0.2, 0) is 20.9 Å². The molecule has 0 radical (unpaired) electrons. The van der Waals surface area contributed by atoms with Gasteiger partial charge in [0.05, 0.1) is 19.1 Å². The maximum Gasteiger partial charge on any atom is 0.410 e. The zero-order chi connectivity index (χ0) is 23.0. The maximum absolute atomic E-state index is 13.0. The standard InChI is InChI=1S/C26H33N3O4/c1-2-32-25(30)19-24-23(28-17-15-27(16-18-28)22-11-7-4-8-12-22)13-14-29(24)26(31)33-20-21-9-5-3-6-10-21/h3-12,23-24H,2,13-20H2,1H3/t23-,24+/m0/s1. The van der Waals surface area contributed by atoms with E-state index in [0.717, 1.165) is 38.2 Å². The van der Waals surface area contributed by atoms with E-state index >= 15 is 0 Å². The molecule has 2 aromatic rings. The van der Waals surface area contributed by atoms with E-state index in [-0.39, 0.29) is 37.2 Å². The molecule has 2 heterocycles. The summed E-state index contributed by atoms with van der Waals surface area (Å²) in [6.45, 7) is 6.58. The van der Waals surface area contributed by atoms with Gasteiger partial charge in [-0.2, -0.15) is 0 Å². The Bertz CT molecular complexity index is 900. The first-order valence-electron chi connectivity index (χ1n) is 11.8. The number of rotatable bonds is 7. The van der Waals surface area contributed by atoms with E-state index in [4.69, 9.17) is 9.47 Å². The molecule has 2 saturated heterocycles. The van der Waals surface area contributed by atoms with Gasteiger partial charge in [0, 0.05) is 44.5 Å². The number of anilines is 1. The van der Waals surface area contributed by atoms with E-state index < -0.39 is 0 Å². The summed E-state index contributed by atoms with van der Waals surface area (Å²) in [6, 6.07) is 20.0. The minimum absolute atomic E-state index is 0.122. The molecule has 2 aromatic carbocycles. The molecule has 7 nitrogen and oxygen atoms in total. The van der Waals surface area contributed by atoms with Crippen LogP contribution in [0.4, 0.5) is 10.5 Å². The van der Waals surface area contributed by atoms with Crippen molar-refractivity contribution in [1.29, 1.82) is 0 Å². The van der Waals surface area contributed by atoms with Crippen molar-refractivity contribution in [3.05, 3.63) is 66.2 Å². The molecule has 2 fully saturated rings. The van der Waals surface area contributed by atoms with E-state index in [1.54, 1.807) is 11.8 Å². The summed E-state index contributed by atoms with van der Waals surface area (Å²) in [5.74, 6) is -0.266. The number of likely N-dealkylation sites (tertiary alicyclic amines) is 1. The lowest BCUT2D eigenvalue weighted by atomic mass is 10.0. The van der Waals surface area contributed by atoms with Gasteiger partial charge in [0.15, 0.2) is 0 Å². The average molecular weight is 452 g/mol. The number of esters is 1. The minimum Gasteiger partial charge on any atom is -0.466 e. The Balaban J connectivity index is 1.40. The highest BCUT2D eigenvalue weighted by molar-refractivity contribution is 5.73. The minimum atomic E-state index is -0.362. The summed E-state index contributed by atoms with van der Waals surface area (Å²) < 4.78 is 10.8. The number of nitrogens with zero attached hydrogens (tertiary/aromatic N) is 3. The Morgan fingerprint density at radius 3 is 2.21 bits per heavy atom. The smallest absolute Gasteiger partial charge is 0.410 e. The quantitative estimate of drug-likeness (QED) is 0.600. The van der Waals surface area contributed by atoms with Gasteiger partial charge in [0.25, 0.3) is 0 Å². The summed E-state index contributed by atoms with van der Waals surface area (Å²) in [5.41, 5.74) is 2.18. The molecule has 4 rings (SSSR count). The van der Waals surface area contributed by atoms with Crippen LogP contribution in [0, 0.1) is 0 Å². The Morgan fingerprint density at radius 1 is 0.879 bits per heavy atom. The number of carbonyl (C=O) groups excluding carboxylic acids is 2. The molecule has 1 amide bonds. The number of carbonyl (C=O) groups is 2. The predicted molar refractivity (Wildman–Crippen MR) is 127 cm³/mol.